The van der Waals surface area contributed by atoms with Crippen LogP contribution >= 0.6 is 0 Å². The van der Waals surface area contributed by atoms with E-state index < -0.39 is 0 Å². The molecule has 2 bridgehead atoms. The van der Waals surface area contributed by atoms with Crippen LogP contribution in [0.2, 0.25) is 0 Å². The first-order valence-electron chi connectivity index (χ1n) is 12.9. The molecule has 174 valence electrons. The van der Waals surface area contributed by atoms with E-state index in [0.717, 1.165) is 24.2 Å². The van der Waals surface area contributed by atoms with Gasteiger partial charge in [-0.25, -0.2) is 4.79 Å². The number of carbonyl (C=O) groups excluding carboxylic acids is 1. The molecule has 0 radical (unpaired) electrons. The summed E-state index contributed by atoms with van der Waals surface area (Å²) in [5.74, 6) is 2.96. The predicted molar refractivity (Wildman–Crippen MR) is 128 cm³/mol. The minimum Gasteiger partial charge on any atom is -0.450 e. The fraction of sp³-hybridized carbons (Fsp3) is 0.741. The predicted octanol–water partition coefficient (Wildman–Crippen LogP) is 6.31. The molecule has 31 heavy (non-hydrogen) atoms. The molecule has 3 aliphatic carbocycles. The van der Waals surface area contributed by atoms with Crippen LogP contribution in [-0.4, -0.2) is 37.2 Å². The van der Waals surface area contributed by atoms with Gasteiger partial charge in [0.15, 0.2) is 0 Å². The number of alkyl carbamates (subject to hydrolysis) is 1. The fourth-order valence-corrected chi connectivity index (χ4v) is 7.45. The third-order valence-corrected chi connectivity index (χ3v) is 8.94. The molecule has 1 amide bonds. The summed E-state index contributed by atoms with van der Waals surface area (Å²) in [4.78, 5) is 14.9. The van der Waals surface area contributed by atoms with Gasteiger partial charge in [0, 0.05) is 14.8 Å². The van der Waals surface area contributed by atoms with Gasteiger partial charge in [-0.15, -0.1) is 0 Å². The van der Waals surface area contributed by atoms with Gasteiger partial charge in [-0.1, -0.05) is 49.9 Å². The molecule has 4 aliphatic rings. The Morgan fingerprint density at radius 1 is 1.13 bits per heavy atom. The van der Waals surface area contributed by atoms with Crippen molar-refractivity contribution in [2.45, 2.75) is 82.6 Å². The molecule has 5 rings (SSSR count). The maximum absolute atomic E-state index is 12.1. The Morgan fingerprint density at radius 2 is 1.94 bits per heavy atom. The number of hydrogen-bond donors (Lipinski definition) is 1. The van der Waals surface area contributed by atoms with Crippen LogP contribution in [0.1, 0.15) is 91.2 Å². The highest BCUT2D eigenvalue weighted by molar-refractivity contribution is 5.68. The van der Waals surface area contributed by atoms with E-state index in [4.69, 9.17) is 4.74 Å². The monoisotopic (exact) mass is 428 g/mol. The number of nitrogens with one attached hydrogen (secondary N) is 1. The van der Waals surface area contributed by atoms with Crippen LogP contribution in [0.4, 0.5) is 4.79 Å². The third kappa shape index (κ3) is 4.51. The van der Waals surface area contributed by atoms with E-state index in [1.54, 1.807) is 0 Å². The summed E-state index contributed by atoms with van der Waals surface area (Å²) in [6.45, 7) is 5.99. The van der Waals surface area contributed by atoms with E-state index >= 15 is 0 Å². The number of likely N-dealkylation sites (tertiary alicyclic amines) is 1. The van der Waals surface area contributed by atoms with Crippen molar-refractivity contribution < 1.29 is 12.4 Å². The van der Waals surface area contributed by atoms with Crippen molar-refractivity contribution >= 4 is 6.09 Å². The SMILES string of the molecule is CCOC(=O)N[C@@H]1CC2(CCN(C[C@H]3CC[C@H]4CCC[C@@H](C4)C3)CC2)c2ccccc21.[HH].[HH]. The minimum atomic E-state index is -0.282. The Hall–Kier alpha value is -1.55. The molecule has 1 spiro atoms. The van der Waals surface area contributed by atoms with Crippen molar-refractivity contribution in [2.24, 2.45) is 17.8 Å². The first-order chi connectivity index (χ1) is 15.1. The summed E-state index contributed by atoms with van der Waals surface area (Å²) in [7, 11) is 0. The third-order valence-electron chi connectivity index (χ3n) is 8.94. The van der Waals surface area contributed by atoms with Crippen molar-refractivity contribution in [1.29, 1.82) is 0 Å². The minimum absolute atomic E-state index is 0. The van der Waals surface area contributed by atoms with E-state index in [1.807, 2.05) is 6.92 Å². The topological polar surface area (TPSA) is 41.6 Å². The molecule has 3 fully saturated rings. The average molecular weight is 429 g/mol. The van der Waals surface area contributed by atoms with Crippen LogP contribution in [0.15, 0.2) is 24.3 Å². The molecule has 0 aromatic heterocycles. The lowest BCUT2D eigenvalue weighted by Crippen LogP contribution is -2.44. The highest BCUT2D eigenvalue weighted by Crippen LogP contribution is 2.51. The van der Waals surface area contributed by atoms with Crippen LogP contribution in [0.3, 0.4) is 0 Å². The zero-order valence-electron chi connectivity index (χ0n) is 19.3. The van der Waals surface area contributed by atoms with Crippen molar-refractivity contribution in [2.75, 3.05) is 26.2 Å². The number of hydrogen-bond acceptors (Lipinski definition) is 3. The van der Waals surface area contributed by atoms with Gasteiger partial charge in [0.05, 0.1) is 12.6 Å². The highest BCUT2D eigenvalue weighted by atomic mass is 16.5. The van der Waals surface area contributed by atoms with Crippen LogP contribution in [0.5, 0.6) is 0 Å². The molecule has 4 heteroatoms. The molecule has 1 heterocycles. The molecule has 2 saturated carbocycles. The summed E-state index contributed by atoms with van der Waals surface area (Å²) in [6.07, 6.45) is 13.6. The average Bonchev–Trinajstić information content (AvgIpc) is 2.99. The summed E-state index contributed by atoms with van der Waals surface area (Å²) >= 11 is 0. The molecule has 1 aliphatic heterocycles. The molecule has 1 aromatic carbocycles. The van der Waals surface area contributed by atoms with E-state index in [2.05, 4.69) is 34.5 Å². The lowest BCUT2D eigenvalue weighted by Gasteiger charge is -2.41. The van der Waals surface area contributed by atoms with Crippen LogP contribution in [0, 0.1) is 17.8 Å². The largest absolute Gasteiger partial charge is 0.450 e. The van der Waals surface area contributed by atoms with Crippen LogP contribution < -0.4 is 5.32 Å². The molecular formula is C27H44N2O2. The van der Waals surface area contributed by atoms with Crippen LogP contribution in [-0.2, 0) is 10.2 Å². The van der Waals surface area contributed by atoms with Crippen LogP contribution in [0.25, 0.3) is 0 Å². The van der Waals surface area contributed by atoms with E-state index in [-0.39, 0.29) is 20.4 Å². The summed E-state index contributed by atoms with van der Waals surface area (Å²) in [6, 6.07) is 8.88. The number of nitrogens with zero attached hydrogens (tertiary/aromatic N) is 1. The summed E-state index contributed by atoms with van der Waals surface area (Å²) < 4.78 is 5.18. The van der Waals surface area contributed by atoms with Crippen molar-refractivity contribution in [3.8, 4) is 0 Å². The second-order valence-electron chi connectivity index (χ2n) is 10.9. The van der Waals surface area contributed by atoms with Crippen molar-refractivity contribution in [3.63, 3.8) is 0 Å². The summed E-state index contributed by atoms with van der Waals surface area (Å²) in [5.41, 5.74) is 3.00. The number of rotatable bonds is 4. The number of fused-ring (bicyclic) bond motifs is 4. The lowest BCUT2D eigenvalue weighted by atomic mass is 9.73. The quantitative estimate of drug-likeness (QED) is 0.611. The maximum atomic E-state index is 12.1. The summed E-state index contributed by atoms with van der Waals surface area (Å²) in [5, 5.41) is 3.14. The van der Waals surface area contributed by atoms with E-state index in [9.17, 15) is 4.79 Å². The van der Waals surface area contributed by atoms with Gasteiger partial charge in [-0.3, -0.25) is 0 Å². The lowest BCUT2D eigenvalue weighted by molar-refractivity contribution is 0.122. The molecule has 1 N–H and O–H groups in total. The zero-order valence-corrected chi connectivity index (χ0v) is 19.3. The van der Waals surface area contributed by atoms with E-state index in [0.29, 0.717) is 6.61 Å². The van der Waals surface area contributed by atoms with Gasteiger partial charge in [0.1, 0.15) is 0 Å². The second-order valence-corrected chi connectivity index (χ2v) is 10.9. The number of piperidine rings is 1. The van der Waals surface area contributed by atoms with Gasteiger partial charge in [-0.2, -0.15) is 0 Å². The molecular weight excluding hydrogens is 384 g/mol. The first-order valence-corrected chi connectivity index (χ1v) is 12.9. The maximum Gasteiger partial charge on any atom is 0.407 e. The molecule has 4 atom stereocenters. The Bertz CT molecular complexity index is 781. The second kappa shape index (κ2) is 9.13. The first kappa shape index (κ1) is 21.3. The van der Waals surface area contributed by atoms with Gasteiger partial charge < -0.3 is 15.0 Å². The highest BCUT2D eigenvalue weighted by Gasteiger charge is 2.46. The van der Waals surface area contributed by atoms with Crippen molar-refractivity contribution in [1.82, 2.24) is 10.2 Å². The number of amides is 1. The Labute approximate surface area is 191 Å². The number of benzene rings is 1. The zero-order chi connectivity index (χ0) is 21.3. The fourth-order valence-electron chi connectivity index (χ4n) is 7.45. The molecule has 0 unspecified atom stereocenters. The molecule has 1 saturated heterocycles. The van der Waals surface area contributed by atoms with Gasteiger partial charge in [-0.05, 0) is 87.4 Å². The Balaban J connectivity index is 0.00000153. The van der Waals surface area contributed by atoms with Gasteiger partial charge in [0.2, 0.25) is 0 Å². The Morgan fingerprint density at radius 3 is 2.77 bits per heavy atom. The Kier molecular flexibility index (Phi) is 6.28. The standard InChI is InChI=1S/C27H40N2O2.2H2/c1-2-31-26(30)28-25-18-27(24-9-4-3-8-23(24)25)12-14-29(15-13-27)19-22-11-10-20-6-5-7-21(16-20)17-22;;/h3-4,8-9,20-22,25H,2,5-7,10-19H2,1H3,(H,28,30);2*1H/t20-,21+,22+,25-;;/m1../s1. The molecule has 4 nitrogen and oxygen atoms in total. The smallest absolute Gasteiger partial charge is 0.407 e. The van der Waals surface area contributed by atoms with Crippen molar-refractivity contribution in [3.05, 3.63) is 35.4 Å². The van der Waals surface area contributed by atoms with Gasteiger partial charge in [0.25, 0.3) is 0 Å². The molecule has 1 aromatic rings. The van der Waals surface area contributed by atoms with E-state index in [1.165, 1.54) is 88.5 Å². The number of ether oxygens (including phenoxy) is 1. The van der Waals surface area contributed by atoms with Gasteiger partial charge >= 0.3 is 6.09 Å². The normalized spacial score (nSPS) is 32.3. The number of carbonyl (C=O) groups is 1.